The molecule has 1 aromatic heterocycles. The number of phenols is 1. The second kappa shape index (κ2) is 7.41. The molecule has 0 bridgehead atoms. The van der Waals surface area contributed by atoms with Gasteiger partial charge in [-0.05, 0) is 36.1 Å². The molecule has 1 aliphatic rings. The van der Waals surface area contributed by atoms with E-state index in [0.29, 0.717) is 16.9 Å². The molecule has 29 heavy (non-hydrogen) atoms. The number of aromatic nitrogens is 2. The van der Waals surface area contributed by atoms with Gasteiger partial charge in [-0.15, -0.1) is 0 Å². The molecule has 4 rings (SSSR count). The van der Waals surface area contributed by atoms with Crippen molar-refractivity contribution < 1.29 is 5.11 Å². The predicted octanol–water partition coefficient (Wildman–Crippen LogP) is 3.28. The summed E-state index contributed by atoms with van der Waals surface area (Å²) in [5.74, 6) is 0.297. The van der Waals surface area contributed by atoms with E-state index in [0.717, 1.165) is 12.8 Å². The van der Waals surface area contributed by atoms with Gasteiger partial charge < -0.3 is 16.2 Å². The van der Waals surface area contributed by atoms with Crippen LogP contribution in [0.1, 0.15) is 27.8 Å². The van der Waals surface area contributed by atoms with Crippen molar-refractivity contribution in [3.05, 3.63) is 75.6 Å². The van der Waals surface area contributed by atoms with E-state index in [4.69, 9.17) is 22.7 Å². The fourth-order valence-corrected chi connectivity index (χ4v) is 3.74. The molecular weight excluding hydrogens is 388 g/mol. The smallest absolute Gasteiger partial charge is 0.141 e. The van der Waals surface area contributed by atoms with E-state index in [2.05, 4.69) is 27.4 Å². The van der Waals surface area contributed by atoms with Crippen molar-refractivity contribution in [1.82, 2.24) is 9.97 Å². The second-order valence-corrected chi connectivity index (χ2v) is 7.22. The van der Waals surface area contributed by atoms with E-state index < -0.39 is 0 Å². The highest BCUT2D eigenvalue weighted by molar-refractivity contribution is 6.33. The summed E-state index contributed by atoms with van der Waals surface area (Å²) in [6.07, 6.45) is 3.02. The number of halogens is 1. The molecule has 0 unspecified atom stereocenters. The first-order chi connectivity index (χ1) is 14.0. The maximum absolute atomic E-state index is 10.0. The van der Waals surface area contributed by atoms with Gasteiger partial charge in [-0.3, -0.25) is 5.41 Å². The van der Waals surface area contributed by atoms with Gasteiger partial charge in [-0.25, -0.2) is 9.97 Å². The van der Waals surface area contributed by atoms with E-state index in [1.54, 1.807) is 0 Å². The number of aromatic hydroxyl groups is 1. The summed E-state index contributed by atoms with van der Waals surface area (Å²) in [4.78, 5) is 8.31. The van der Waals surface area contributed by atoms with Crippen LogP contribution >= 0.6 is 11.6 Å². The molecule has 1 aliphatic carbocycles. The van der Waals surface area contributed by atoms with Gasteiger partial charge in [0.1, 0.15) is 34.8 Å². The minimum absolute atomic E-state index is 0.00965. The minimum Gasteiger partial charge on any atom is -0.506 e. The standard InChI is InChI=1S/C21H17ClN6O/c22-18-14(9-23)5-13(8-16(18)29)19(24)17-20(25)26-10-27-21(17)28-15-6-11-3-1-2-4-12(11)7-15/h1-5,8,10,15,24,29H,6-7H2,(H3,25,26,27,28). The SMILES string of the molecule is N#Cc1cc(C(=N)c2c(N)ncnc2NC2Cc3ccccc3C2)cc(O)c1Cl. The Bertz CT molecular complexity index is 1150. The Morgan fingerprint density at radius 3 is 2.59 bits per heavy atom. The second-order valence-electron chi connectivity index (χ2n) is 6.84. The number of fused-ring (bicyclic) bond motifs is 1. The topological polar surface area (TPSA) is 132 Å². The highest BCUT2D eigenvalue weighted by Gasteiger charge is 2.24. The van der Waals surface area contributed by atoms with Gasteiger partial charge in [0, 0.05) is 11.6 Å². The van der Waals surface area contributed by atoms with E-state index in [1.165, 1.54) is 29.6 Å². The number of nitriles is 1. The molecule has 0 saturated carbocycles. The molecule has 8 heteroatoms. The van der Waals surface area contributed by atoms with Crippen molar-refractivity contribution in [2.24, 2.45) is 0 Å². The van der Waals surface area contributed by atoms with Crippen LogP contribution in [-0.4, -0.2) is 26.8 Å². The first-order valence-corrected chi connectivity index (χ1v) is 9.31. The first-order valence-electron chi connectivity index (χ1n) is 8.93. The summed E-state index contributed by atoms with van der Waals surface area (Å²) in [6, 6.07) is 13.0. The summed E-state index contributed by atoms with van der Waals surface area (Å²) in [5, 5.41) is 31.2. The minimum atomic E-state index is -0.276. The molecule has 2 aromatic carbocycles. The Hall–Kier alpha value is -3.63. The lowest BCUT2D eigenvalue weighted by atomic mass is 10.0. The van der Waals surface area contributed by atoms with Crippen LogP contribution in [-0.2, 0) is 12.8 Å². The molecule has 0 radical (unpaired) electrons. The highest BCUT2D eigenvalue weighted by atomic mass is 35.5. The molecular formula is C21H17ClN6O. The van der Waals surface area contributed by atoms with Gasteiger partial charge in [-0.2, -0.15) is 5.26 Å². The van der Waals surface area contributed by atoms with Crippen LogP contribution in [0.2, 0.25) is 5.02 Å². The van der Waals surface area contributed by atoms with Gasteiger partial charge in [0.15, 0.2) is 0 Å². The maximum Gasteiger partial charge on any atom is 0.141 e. The van der Waals surface area contributed by atoms with E-state index >= 15 is 0 Å². The molecule has 0 aliphatic heterocycles. The Balaban J connectivity index is 1.68. The number of hydrogen-bond donors (Lipinski definition) is 4. The number of nitrogen functional groups attached to an aromatic ring is 1. The van der Waals surface area contributed by atoms with Gasteiger partial charge in [0.2, 0.25) is 0 Å². The van der Waals surface area contributed by atoms with E-state index in [-0.39, 0.29) is 33.9 Å². The lowest BCUT2D eigenvalue weighted by Gasteiger charge is -2.18. The Morgan fingerprint density at radius 2 is 1.93 bits per heavy atom. The third kappa shape index (κ3) is 3.46. The first kappa shape index (κ1) is 18.7. The normalized spacial score (nSPS) is 13.0. The number of nitrogens with zero attached hydrogens (tertiary/aromatic N) is 3. The van der Waals surface area contributed by atoms with Crippen molar-refractivity contribution in [3.8, 4) is 11.8 Å². The summed E-state index contributed by atoms with van der Waals surface area (Å²) in [5.41, 5.74) is 9.31. The van der Waals surface area contributed by atoms with Crippen LogP contribution in [0, 0.1) is 16.7 Å². The quantitative estimate of drug-likeness (QED) is 0.493. The molecule has 0 spiro atoms. The van der Waals surface area contributed by atoms with Crippen LogP contribution in [0.4, 0.5) is 11.6 Å². The molecule has 144 valence electrons. The lowest BCUT2D eigenvalue weighted by molar-refractivity contribution is 0.475. The number of rotatable bonds is 4. The zero-order valence-corrected chi connectivity index (χ0v) is 16.0. The lowest BCUT2D eigenvalue weighted by Crippen LogP contribution is -2.23. The highest BCUT2D eigenvalue weighted by Crippen LogP contribution is 2.32. The summed E-state index contributed by atoms with van der Waals surface area (Å²) < 4.78 is 0. The van der Waals surface area contributed by atoms with Crippen molar-refractivity contribution >= 4 is 28.9 Å². The molecule has 3 aromatic rings. The monoisotopic (exact) mass is 404 g/mol. The zero-order chi connectivity index (χ0) is 20.5. The fraction of sp³-hybridized carbons (Fsp3) is 0.143. The Labute approximate surface area is 172 Å². The summed E-state index contributed by atoms with van der Waals surface area (Å²) in [6.45, 7) is 0. The summed E-state index contributed by atoms with van der Waals surface area (Å²) in [7, 11) is 0. The predicted molar refractivity (Wildman–Crippen MR) is 111 cm³/mol. The number of benzene rings is 2. The van der Waals surface area contributed by atoms with Crippen LogP contribution in [0.5, 0.6) is 5.75 Å². The number of hydrogen-bond acceptors (Lipinski definition) is 7. The van der Waals surface area contributed by atoms with E-state index in [1.807, 2.05) is 18.2 Å². The van der Waals surface area contributed by atoms with Crippen molar-refractivity contribution in [2.45, 2.75) is 18.9 Å². The Kier molecular flexibility index (Phi) is 4.79. The molecule has 0 amide bonds. The van der Waals surface area contributed by atoms with Gasteiger partial charge in [-0.1, -0.05) is 35.9 Å². The van der Waals surface area contributed by atoms with E-state index in [9.17, 15) is 10.4 Å². The number of anilines is 2. The van der Waals surface area contributed by atoms with Crippen molar-refractivity contribution in [1.29, 1.82) is 10.7 Å². The largest absolute Gasteiger partial charge is 0.506 e. The third-order valence-electron chi connectivity index (χ3n) is 4.98. The average Bonchev–Trinajstić information content (AvgIpc) is 3.12. The van der Waals surface area contributed by atoms with Crippen molar-refractivity contribution in [3.63, 3.8) is 0 Å². The van der Waals surface area contributed by atoms with Crippen LogP contribution in [0.15, 0.2) is 42.7 Å². The maximum atomic E-state index is 10.0. The van der Waals surface area contributed by atoms with Gasteiger partial charge in [0.05, 0.1) is 16.8 Å². The number of nitrogens with one attached hydrogen (secondary N) is 2. The number of nitrogens with two attached hydrogens (primary N) is 1. The van der Waals surface area contributed by atoms with Crippen LogP contribution in [0.25, 0.3) is 0 Å². The molecule has 0 saturated heterocycles. The molecule has 1 heterocycles. The van der Waals surface area contributed by atoms with Crippen molar-refractivity contribution in [2.75, 3.05) is 11.1 Å². The van der Waals surface area contributed by atoms with Crippen LogP contribution < -0.4 is 11.1 Å². The summed E-state index contributed by atoms with van der Waals surface area (Å²) >= 11 is 5.93. The molecule has 5 N–H and O–H groups in total. The molecule has 7 nitrogen and oxygen atoms in total. The fourth-order valence-electron chi connectivity index (χ4n) is 3.59. The molecule has 0 atom stereocenters. The number of phenolic OH excluding ortho intramolecular Hbond substituents is 1. The van der Waals surface area contributed by atoms with Gasteiger partial charge in [0.25, 0.3) is 0 Å². The average molecular weight is 405 g/mol. The third-order valence-corrected chi connectivity index (χ3v) is 5.38. The Morgan fingerprint density at radius 1 is 1.24 bits per heavy atom. The van der Waals surface area contributed by atoms with Gasteiger partial charge >= 0.3 is 0 Å². The zero-order valence-electron chi connectivity index (χ0n) is 15.3. The molecule has 0 fully saturated rings. The van der Waals surface area contributed by atoms with Crippen LogP contribution in [0.3, 0.4) is 0 Å².